The van der Waals surface area contributed by atoms with Crippen molar-refractivity contribution in [1.82, 2.24) is 5.43 Å². The Morgan fingerprint density at radius 1 is 1.15 bits per heavy atom. The topological polar surface area (TPSA) is 83.0 Å². The van der Waals surface area contributed by atoms with Crippen LogP contribution in [0.4, 0.5) is 5.69 Å². The summed E-state index contributed by atoms with van der Waals surface area (Å²) in [5.41, 5.74) is 3.81. The van der Waals surface area contributed by atoms with Crippen molar-refractivity contribution in [2.75, 3.05) is 18.5 Å². The van der Waals surface area contributed by atoms with Crippen molar-refractivity contribution in [2.24, 2.45) is 5.10 Å². The van der Waals surface area contributed by atoms with Crippen LogP contribution in [0.1, 0.15) is 12.5 Å². The maximum Gasteiger partial charge on any atom is 0.259 e. The van der Waals surface area contributed by atoms with Gasteiger partial charge in [-0.2, -0.15) is 5.10 Å². The zero-order valence-corrected chi connectivity index (χ0v) is 15.0. The minimum atomic E-state index is -0.287. The number of phenolic OH excluding ortho intramolecular Hbond substituents is 1. The zero-order valence-electron chi connectivity index (χ0n) is 15.0. The molecule has 6 heteroatoms. The van der Waals surface area contributed by atoms with Crippen LogP contribution in [-0.2, 0) is 4.79 Å². The number of benzene rings is 3. The van der Waals surface area contributed by atoms with Crippen LogP contribution < -0.4 is 15.5 Å². The molecule has 1 amide bonds. The molecule has 0 unspecified atom stereocenters. The second-order valence-electron chi connectivity index (χ2n) is 5.83. The summed E-state index contributed by atoms with van der Waals surface area (Å²) in [6, 6.07) is 18.8. The molecule has 3 rings (SSSR count). The van der Waals surface area contributed by atoms with Gasteiger partial charge < -0.3 is 15.2 Å². The molecule has 3 N–H and O–H groups in total. The summed E-state index contributed by atoms with van der Waals surface area (Å²) >= 11 is 0. The van der Waals surface area contributed by atoms with Crippen LogP contribution in [0.3, 0.4) is 0 Å². The number of carbonyl (C=O) groups excluding carboxylic acids is 1. The third-order valence-electron chi connectivity index (χ3n) is 3.93. The van der Waals surface area contributed by atoms with Crippen LogP contribution >= 0.6 is 0 Å². The van der Waals surface area contributed by atoms with E-state index in [1.165, 1.54) is 12.3 Å². The third kappa shape index (κ3) is 4.76. The van der Waals surface area contributed by atoms with Gasteiger partial charge in [-0.1, -0.05) is 36.4 Å². The number of rotatable bonds is 7. The Bertz CT molecular complexity index is 965. The highest BCUT2D eigenvalue weighted by molar-refractivity contribution is 5.95. The van der Waals surface area contributed by atoms with E-state index in [4.69, 9.17) is 4.74 Å². The number of carbonyl (C=O) groups is 1. The molecule has 3 aromatic carbocycles. The molecule has 0 saturated carbocycles. The molecular formula is C21H21N3O3. The fourth-order valence-corrected chi connectivity index (χ4v) is 2.66. The van der Waals surface area contributed by atoms with Crippen molar-refractivity contribution in [3.05, 3.63) is 66.2 Å². The van der Waals surface area contributed by atoms with Gasteiger partial charge in [-0.15, -0.1) is 0 Å². The normalized spacial score (nSPS) is 10.9. The number of nitrogens with one attached hydrogen (secondary N) is 2. The highest BCUT2D eigenvalue weighted by Gasteiger charge is 2.04. The Kier molecular flexibility index (Phi) is 5.89. The van der Waals surface area contributed by atoms with Gasteiger partial charge in [-0.05, 0) is 30.5 Å². The van der Waals surface area contributed by atoms with Crippen LogP contribution in [0.15, 0.2) is 65.8 Å². The van der Waals surface area contributed by atoms with Gasteiger partial charge in [0.25, 0.3) is 5.91 Å². The summed E-state index contributed by atoms with van der Waals surface area (Å²) in [5.74, 6) is 0.327. The number of anilines is 1. The van der Waals surface area contributed by atoms with E-state index in [0.717, 1.165) is 16.5 Å². The Labute approximate surface area is 157 Å². The Hall–Kier alpha value is -3.54. The summed E-state index contributed by atoms with van der Waals surface area (Å²) in [6.45, 7) is 2.47. The number of hydrogen-bond acceptors (Lipinski definition) is 5. The van der Waals surface area contributed by atoms with E-state index in [-0.39, 0.29) is 18.2 Å². The number of aromatic hydroxyl groups is 1. The minimum absolute atomic E-state index is 0.0350. The van der Waals surface area contributed by atoms with Crippen molar-refractivity contribution >= 4 is 28.6 Å². The molecule has 138 valence electrons. The van der Waals surface area contributed by atoms with Crippen molar-refractivity contribution < 1.29 is 14.6 Å². The van der Waals surface area contributed by atoms with Crippen LogP contribution in [-0.4, -0.2) is 30.4 Å². The van der Waals surface area contributed by atoms with Gasteiger partial charge in [0.1, 0.15) is 11.5 Å². The molecule has 0 aliphatic heterocycles. The van der Waals surface area contributed by atoms with E-state index in [0.29, 0.717) is 17.9 Å². The van der Waals surface area contributed by atoms with Gasteiger partial charge in [-0.3, -0.25) is 4.79 Å². The van der Waals surface area contributed by atoms with E-state index in [1.54, 1.807) is 12.1 Å². The fraction of sp³-hybridized carbons (Fsp3) is 0.143. The summed E-state index contributed by atoms with van der Waals surface area (Å²) in [5, 5.41) is 19.1. The van der Waals surface area contributed by atoms with Gasteiger partial charge in [0.2, 0.25) is 0 Å². The lowest BCUT2D eigenvalue weighted by molar-refractivity contribution is -0.119. The molecule has 0 fully saturated rings. The second-order valence-corrected chi connectivity index (χ2v) is 5.83. The smallest absolute Gasteiger partial charge is 0.259 e. The van der Waals surface area contributed by atoms with E-state index < -0.39 is 0 Å². The number of phenols is 1. The molecule has 0 radical (unpaired) electrons. The average molecular weight is 363 g/mol. The Balaban J connectivity index is 1.56. The van der Waals surface area contributed by atoms with E-state index >= 15 is 0 Å². The quantitative estimate of drug-likeness (QED) is 0.443. The number of hydrazone groups is 1. The number of amides is 1. The van der Waals surface area contributed by atoms with Crippen LogP contribution in [0, 0.1) is 0 Å². The summed E-state index contributed by atoms with van der Waals surface area (Å²) in [7, 11) is 0. The largest absolute Gasteiger partial charge is 0.507 e. The van der Waals surface area contributed by atoms with E-state index in [9.17, 15) is 9.90 Å². The monoisotopic (exact) mass is 363 g/mol. The number of hydrogen-bond donors (Lipinski definition) is 3. The van der Waals surface area contributed by atoms with E-state index in [1.807, 2.05) is 49.4 Å². The molecule has 6 nitrogen and oxygen atoms in total. The first-order chi connectivity index (χ1) is 13.2. The lowest BCUT2D eigenvalue weighted by Gasteiger charge is -2.09. The first-order valence-electron chi connectivity index (χ1n) is 8.66. The predicted molar refractivity (Wildman–Crippen MR) is 107 cm³/mol. The van der Waals surface area contributed by atoms with Gasteiger partial charge in [-0.25, -0.2) is 5.43 Å². The molecular weight excluding hydrogens is 342 g/mol. The minimum Gasteiger partial charge on any atom is -0.507 e. The highest BCUT2D eigenvalue weighted by Crippen LogP contribution is 2.23. The first kappa shape index (κ1) is 18.3. The Morgan fingerprint density at radius 2 is 1.96 bits per heavy atom. The molecule has 0 saturated heterocycles. The molecule has 3 aromatic rings. The second kappa shape index (κ2) is 8.71. The lowest BCUT2D eigenvalue weighted by Crippen LogP contribution is -2.25. The number of ether oxygens (including phenoxy) is 1. The lowest BCUT2D eigenvalue weighted by atomic mass is 10.1. The molecule has 0 aliphatic carbocycles. The SMILES string of the molecule is CCOc1ccc(C=NNC(=O)CNc2cccc3ccccc23)c(O)c1. The Morgan fingerprint density at radius 3 is 2.78 bits per heavy atom. The van der Waals surface area contributed by atoms with Gasteiger partial charge in [0, 0.05) is 22.7 Å². The third-order valence-corrected chi connectivity index (χ3v) is 3.93. The molecule has 0 aliphatic rings. The maximum absolute atomic E-state index is 12.0. The molecule has 0 bridgehead atoms. The molecule has 0 aromatic heterocycles. The molecule has 0 spiro atoms. The summed E-state index contributed by atoms with van der Waals surface area (Å²) < 4.78 is 5.31. The van der Waals surface area contributed by atoms with Crippen molar-refractivity contribution in [3.63, 3.8) is 0 Å². The van der Waals surface area contributed by atoms with Gasteiger partial charge in [0.05, 0.1) is 19.4 Å². The predicted octanol–water partition coefficient (Wildman–Crippen LogP) is 3.51. The summed E-state index contributed by atoms with van der Waals surface area (Å²) in [6.07, 6.45) is 1.39. The van der Waals surface area contributed by atoms with Crippen molar-refractivity contribution in [2.45, 2.75) is 6.92 Å². The first-order valence-corrected chi connectivity index (χ1v) is 8.66. The average Bonchev–Trinajstić information content (AvgIpc) is 2.68. The van der Waals surface area contributed by atoms with E-state index in [2.05, 4.69) is 15.8 Å². The highest BCUT2D eigenvalue weighted by atomic mass is 16.5. The maximum atomic E-state index is 12.0. The molecule has 0 atom stereocenters. The van der Waals surface area contributed by atoms with Crippen LogP contribution in [0.5, 0.6) is 11.5 Å². The van der Waals surface area contributed by atoms with Crippen LogP contribution in [0.2, 0.25) is 0 Å². The zero-order chi connectivity index (χ0) is 19.1. The standard InChI is InChI=1S/C21H21N3O3/c1-2-27-17-11-10-16(20(25)12-17)13-23-24-21(26)14-22-19-9-5-7-15-6-3-4-8-18(15)19/h3-13,22,25H,2,14H2,1H3,(H,24,26). The number of fused-ring (bicyclic) bond motifs is 1. The van der Waals surface area contributed by atoms with Crippen LogP contribution in [0.25, 0.3) is 10.8 Å². The number of nitrogens with zero attached hydrogens (tertiary/aromatic N) is 1. The molecule has 0 heterocycles. The fourth-order valence-electron chi connectivity index (χ4n) is 2.66. The van der Waals surface area contributed by atoms with Gasteiger partial charge in [0.15, 0.2) is 0 Å². The summed E-state index contributed by atoms with van der Waals surface area (Å²) in [4.78, 5) is 12.0. The van der Waals surface area contributed by atoms with Crippen molar-refractivity contribution in [3.8, 4) is 11.5 Å². The van der Waals surface area contributed by atoms with Crippen molar-refractivity contribution in [1.29, 1.82) is 0 Å². The molecule has 27 heavy (non-hydrogen) atoms. The van der Waals surface area contributed by atoms with Gasteiger partial charge >= 0.3 is 0 Å².